The lowest BCUT2D eigenvalue weighted by atomic mass is 10.1. The Morgan fingerprint density at radius 3 is 2.67 bits per heavy atom. The number of carbonyl (C=O) groups excluding carboxylic acids is 1. The van der Waals surface area contributed by atoms with E-state index in [-0.39, 0.29) is 16.9 Å². The zero-order valence-electron chi connectivity index (χ0n) is 7.97. The standard InChI is InChI=1S/C10H9BrF2O2/c1-6-4-7(8(14)5-11)2-3-9(6)15-10(12)13/h2-4,10H,5H2,1H3. The molecule has 0 aliphatic rings. The fourth-order valence-electron chi connectivity index (χ4n) is 1.13. The number of benzene rings is 1. The molecule has 0 saturated heterocycles. The van der Waals surface area contributed by atoms with Crippen molar-refractivity contribution in [3.05, 3.63) is 29.3 Å². The normalized spacial score (nSPS) is 10.5. The molecule has 82 valence electrons. The molecule has 1 aromatic rings. The summed E-state index contributed by atoms with van der Waals surface area (Å²) in [7, 11) is 0. The van der Waals surface area contributed by atoms with Crippen molar-refractivity contribution in [2.75, 3.05) is 5.33 Å². The molecule has 0 aromatic heterocycles. The number of hydrogen-bond donors (Lipinski definition) is 0. The maximum Gasteiger partial charge on any atom is 0.387 e. The van der Waals surface area contributed by atoms with Crippen LogP contribution in [0, 0.1) is 6.92 Å². The topological polar surface area (TPSA) is 26.3 Å². The van der Waals surface area contributed by atoms with Gasteiger partial charge in [-0.3, -0.25) is 4.79 Å². The summed E-state index contributed by atoms with van der Waals surface area (Å²) < 4.78 is 28.1. The molecule has 0 unspecified atom stereocenters. The van der Waals surface area contributed by atoms with E-state index in [0.717, 1.165) is 0 Å². The first-order valence-electron chi connectivity index (χ1n) is 4.19. The van der Waals surface area contributed by atoms with E-state index in [9.17, 15) is 13.6 Å². The maximum atomic E-state index is 11.9. The Morgan fingerprint density at radius 1 is 1.53 bits per heavy atom. The monoisotopic (exact) mass is 278 g/mol. The van der Waals surface area contributed by atoms with E-state index in [1.807, 2.05) is 0 Å². The zero-order valence-corrected chi connectivity index (χ0v) is 9.55. The largest absolute Gasteiger partial charge is 0.435 e. The van der Waals surface area contributed by atoms with Crippen molar-refractivity contribution in [3.8, 4) is 5.75 Å². The Bertz CT molecular complexity index is 366. The lowest BCUT2D eigenvalue weighted by Crippen LogP contribution is -2.05. The van der Waals surface area contributed by atoms with E-state index < -0.39 is 6.61 Å². The lowest BCUT2D eigenvalue weighted by molar-refractivity contribution is -0.0502. The van der Waals surface area contributed by atoms with E-state index in [1.165, 1.54) is 18.2 Å². The molecule has 0 spiro atoms. The molecule has 0 saturated carbocycles. The molecule has 0 aliphatic heterocycles. The summed E-state index contributed by atoms with van der Waals surface area (Å²) in [5.41, 5.74) is 0.994. The van der Waals surface area contributed by atoms with Crippen LogP contribution in [0.1, 0.15) is 15.9 Å². The minimum absolute atomic E-state index is 0.0936. The Hall–Kier alpha value is -0.970. The lowest BCUT2D eigenvalue weighted by Gasteiger charge is -2.08. The molecule has 0 heterocycles. The van der Waals surface area contributed by atoms with Gasteiger partial charge in [-0.1, -0.05) is 15.9 Å². The predicted molar refractivity (Wildman–Crippen MR) is 55.9 cm³/mol. The first-order valence-corrected chi connectivity index (χ1v) is 5.31. The molecule has 0 radical (unpaired) electrons. The van der Waals surface area contributed by atoms with Crippen LogP contribution in [0.15, 0.2) is 18.2 Å². The van der Waals surface area contributed by atoms with E-state index in [0.29, 0.717) is 11.1 Å². The Balaban J connectivity index is 2.93. The van der Waals surface area contributed by atoms with Gasteiger partial charge in [0.2, 0.25) is 0 Å². The minimum atomic E-state index is -2.85. The quantitative estimate of drug-likeness (QED) is 0.625. The number of aryl methyl sites for hydroxylation is 1. The minimum Gasteiger partial charge on any atom is -0.435 e. The summed E-state index contributed by atoms with van der Waals surface area (Å²) in [6.45, 7) is -1.23. The first kappa shape index (κ1) is 12.1. The van der Waals surface area contributed by atoms with Crippen LogP contribution in [0.25, 0.3) is 0 Å². The van der Waals surface area contributed by atoms with Gasteiger partial charge in [-0.2, -0.15) is 8.78 Å². The van der Waals surface area contributed by atoms with E-state index in [2.05, 4.69) is 20.7 Å². The van der Waals surface area contributed by atoms with E-state index >= 15 is 0 Å². The second-order valence-corrected chi connectivity index (χ2v) is 3.48. The third-order valence-corrected chi connectivity index (χ3v) is 2.34. The average Bonchev–Trinajstić information content (AvgIpc) is 2.19. The van der Waals surface area contributed by atoms with Crippen molar-refractivity contribution >= 4 is 21.7 Å². The van der Waals surface area contributed by atoms with Crippen LogP contribution >= 0.6 is 15.9 Å². The van der Waals surface area contributed by atoms with Crippen LogP contribution in [0.2, 0.25) is 0 Å². The second-order valence-electron chi connectivity index (χ2n) is 2.92. The number of alkyl halides is 3. The molecule has 15 heavy (non-hydrogen) atoms. The molecular formula is C10H9BrF2O2. The predicted octanol–water partition coefficient (Wildman–Crippen LogP) is 3.17. The fraction of sp³-hybridized carbons (Fsp3) is 0.300. The highest BCUT2D eigenvalue weighted by molar-refractivity contribution is 9.09. The van der Waals surface area contributed by atoms with Crippen LogP contribution in [0.3, 0.4) is 0 Å². The smallest absolute Gasteiger partial charge is 0.387 e. The fourth-order valence-corrected chi connectivity index (χ4v) is 1.45. The van der Waals surface area contributed by atoms with Crippen LogP contribution in [-0.2, 0) is 0 Å². The highest BCUT2D eigenvalue weighted by atomic mass is 79.9. The third-order valence-electron chi connectivity index (χ3n) is 1.83. The molecule has 1 aromatic carbocycles. The van der Waals surface area contributed by atoms with Crippen molar-refractivity contribution in [1.29, 1.82) is 0 Å². The number of Topliss-reactive ketones (excluding diaryl/α,β-unsaturated/α-hetero) is 1. The van der Waals surface area contributed by atoms with Gasteiger partial charge in [0, 0.05) is 5.56 Å². The summed E-state index contributed by atoms with van der Waals surface area (Å²) >= 11 is 3.03. The van der Waals surface area contributed by atoms with Crippen molar-refractivity contribution in [2.24, 2.45) is 0 Å². The summed E-state index contributed by atoms with van der Waals surface area (Å²) in [5.74, 6) is -0.00202. The molecule has 0 bridgehead atoms. The van der Waals surface area contributed by atoms with Gasteiger partial charge in [-0.25, -0.2) is 0 Å². The van der Waals surface area contributed by atoms with Crippen LogP contribution < -0.4 is 4.74 Å². The molecule has 0 N–H and O–H groups in total. The molecule has 1 rings (SSSR count). The molecular weight excluding hydrogens is 270 g/mol. The van der Waals surface area contributed by atoms with Crippen molar-refractivity contribution < 1.29 is 18.3 Å². The van der Waals surface area contributed by atoms with Gasteiger partial charge >= 0.3 is 6.61 Å². The first-order chi connectivity index (χ1) is 7.04. The van der Waals surface area contributed by atoms with Gasteiger partial charge in [0.15, 0.2) is 5.78 Å². The maximum absolute atomic E-state index is 11.9. The molecule has 0 amide bonds. The SMILES string of the molecule is Cc1cc(C(=O)CBr)ccc1OC(F)F. The summed E-state index contributed by atoms with van der Waals surface area (Å²) in [6, 6.07) is 4.37. The molecule has 0 fully saturated rings. The van der Waals surface area contributed by atoms with Crippen molar-refractivity contribution in [3.63, 3.8) is 0 Å². The van der Waals surface area contributed by atoms with Gasteiger partial charge in [0.05, 0.1) is 5.33 Å². The van der Waals surface area contributed by atoms with Gasteiger partial charge < -0.3 is 4.74 Å². The van der Waals surface area contributed by atoms with Gasteiger partial charge in [0.1, 0.15) is 5.75 Å². The number of halogens is 3. The number of carbonyl (C=O) groups is 1. The van der Waals surface area contributed by atoms with E-state index in [1.54, 1.807) is 6.92 Å². The molecule has 0 atom stereocenters. The zero-order chi connectivity index (χ0) is 11.4. The van der Waals surface area contributed by atoms with Crippen LogP contribution in [-0.4, -0.2) is 17.7 Å². The summed E-state index contributed by atoms with van der Waals surface area (Å²) in [6.07, 6.45) is 0. The summed E-state index contributed by atoms with van der Waals surface area (Å²) in [5, 5.41) is 0.210. The number of rotatable bonds is 4. The average molecular weight is 279 g/mol. The molecule has 5 heteroatoms. The van der Waals surface area contributed by atoms with Crippen LogP contribution in [0.5, 0.6) is 5.75 Å². The second kappa shape index (κ2) is 5.21. The van der Waals surface area contributed by atoms with E-state index in [4.69, 9.17) is 0 Å². The van der Waals surface area contributed by atoms with Crippen molar-refractivity contribution in [2.45, 2.75) is 13.5 Å². The Labute approximate surface area is 94.4 Å². The van der Waals surface area contributed by atoms with Gasteiger partial charge in [0.25, 0.3) is 0 Å². The van der Waals surface area contributed by atoms with Gasteiger partial charge in [-0.15, -0.1) is 0 Å². The third kappa shape index (κ3) is 3.27. The van der Waals surface area contributed by atoms with Crippen LogP contribution in [0.4, 0.5) is 8.78 Å². The highest BCUT2D eigenvalue weighted by Crippen LogP contribution is 2.21. The highest BCUT2D eigenvalue weighted by Gasteiger charge is 2.10. The molecule has 2 nitrogen and oxygen atoms in total. The van der Waals surface area contributed by atoms with Gasteiger partial charge in [-0.05, 0) is 30.7 Å². The number of ether oxygens (including phenoxy) is 1. The number of ketones is 1. The Morgan fingerprint density at radius 2 is 2.20 bits per heavy atom. The Kier molecular flexibility index (Phi) is 4.20. The summed E-state index contributed by atoms with van der Waals surface area (Å²) in [4.78, 5) is 11.3. The van der Waals surface area contributed by atoms with Crippen molar-refractivity contribution in [1.82, 2.24) is 0 Å². The number of hydrogen-bond acceptors (Lipinski definition) is 2. The molecule has 0 aliphatic carbocycles.